The van der Waals surface area contributed by atoms with Gasteiger partial charge in [-0.15, -0.1) is 0 Å². The summed E-state index contributed by atoms with van der Waals surface area (Å²) in [4.78, 5) is 8.27. The third-order valence-corrected chi connectivity index (χ3v) is 2.95. The van der Waals surface area contributed by atoms with Gasteiger partial charge in [0.15, 0.2) is 0 Å². The maximum absolute atomic E-state index is 5.53. The van der Waals surface area contributed by atoms with Gasteiger partial charge >= 0.3 is 0 Å². The molecule has 0 bridgehead atoms. The first-order valence-corrected chi connectivity index (χ1v) is 6.64. The molecule has 1 heterocycles. The Kier molecular flexibility index (Phi) is 4.75. The average Bonchev–Trinajstić information content (AvgIpc) is 2.34. The highest BCUT2D eigenvalue weighted by Crippen LogP contribution is 2.26. The standard InChI is InChI=1S/C13H21N3O2/c1-3-5-18-13-8-12(14-9-15-13)16-10-6-11(7-10)17-4-2/h8-11H,3-7H2,1-2H3,(H,14,15,16). The summed E-state index contributed by atoms with van der Waals surface area (Å²) in [6.45, 7) is 5.58. The summed E-state index contributed by atoms with van der Waals surface area (Å²) in [6.07, 6.45) is 5.01. The number of rotatable bonds is 7. The number of aromatic nitrogens is 2. The second kappa shape index (κ2) is 6.54. The number of ether oxygens (including phenoxy) is 2. The number of nitrogens with zero attached hydrogens (tertiary/aromatic N) is 2. The highest BCUT2D eigenvalue weighted by Gasteiger charge is 2.29. The van der Waals surface area contributed by atoms with Gasteiger partial charge in [-0.3, -0.25) is 0 Å². The summed E-state index contributed by atoms with van der Waals surface area (Å²) in [5.41, 5.74) is 0. The molecule has 0 unspecified atom stereocenters. The van der Waals surface area contributed by atoms with Gasteiger partial charge in [0.2, 0.25) is 5.88 Å². The summed E-state index contributed by atoms with van der Waals surface area (Å²) in [5.74, 6) is 1.46. The molecule has 2 rings (SSSR count). The fourth-order valence-electron chi connectivity index (χ4n) is 1.97. The minimum absolute atomic E-state index is 0.408. The lowest BCUT2D eigenvalue weighted by Crippen LogP contribution is -2.41. The van der Waals surface area contributed by atoms with Crippen molar-refractivity contribution in [3.8, 4) is 5.88 Å². The van der Waals surface area contributed by atoms with Gasteiger partial charge in [-0.05, 0) is 26.2 Å². The molecule has 1 aliphatic rings. The van der Waals surface area contributed by atoms with Crippen LogP contribution in [0.3, 0.4) is 0 Å². The topological polar surface area (TPSA) is 56.3 Å². The third kappa shape index (κ3) is 3.57. The Balaban J connectivity index is 1.79. The molecule has 100 valence electrons. The van der Waals surface area contributed by atoms with Crippen LogP contribution in [-0.2, 0) is 4.74 Å². The van der Waals surface area contributed by atoms with Gasteiger partial charge in [0, 0.05) is 18.7 Å². The second-order valence-electron chi connectivity index (χ2n) is 4.48. The van der Waals surface area contributed by atoms with Crippen LogP contribution >= 0.6 is 0 Å². The lowest BCUT2D eigenvalue weighted by atomic mass is 9.89. The molecule has 0 spiro atoms. The van der Waals surface area contributed by atoms with Crippen LogP contribution in [0.5, 0.6) is 5.88 Å². The van der Waals surface area contributed by atoms with Crippen LogP contribution in [0.1, 0.15) is 33.1 Å². The van der Waals surface area contributed by atoms with Gasteiger partial charge in [-0.1, -0.05) is 6.92 Å². The highest BCUT2D eigenvalue weighted by atomic mass is 16.5. The van der Waals surface area contributed by atoms with E-state index in [0.29, 0.717) is 24.6 Å². The minimum atomic E-state index is 0.408. The normalized spacial score (nSPS) is 22.3. The zero-order valence-corrected chi connectivity index (χ0v) is 11.1. The van der Waals surface area contributed by atoms with E-state index in [2.05, 4.69) is 22.2 Å². The van der Waals surface area contributed by atoms with E-state index in [9.17, 15) is 0 Å². The summed E-state index contributed by atoms with van der Waals surface area (Å²) >= 11 is 0. The molecule has 1 aliphatic carbocycles. The lowest BCUT2D eigenvalue weighted by molar-refractivity contribution is 0.00292. The van der Waals surface area contributed by atoms with E-state index in [-0.39, 0.29) is 0 Å². The predicted octanol–water partition coefficient (Wildman–Crippen LogP) is 2.24. The maximum atomic E-state index is 5.53. The molecular formula is C13H21N3O2. The zero-order chi connectivity index (χ0) is 12.8. The van der Waals surface area contributed by atoms with E-state index >= 15 is 0 Å². The molecule has 5 nitrogen and oxygen atoms in total. The van der Waals surface area contributed by atoms with Crippen molar-refractivity contribution in [1.82, 2.24) is 9.97 Å². The first-order chi connectivity index (χ1) is 8.81. The van der Waals surface area contributed by atoms with Gasteiger partial charge in [0.25, 0.3) is 0 Å². The fourth-order valence-corrected chi connectivity index (χ4v) is 1.97. The Morgan fingerprint density at radius 1 is 1.33 bits per heavy atom. The predicted molar refractivity (Wildman–Crippen MR) is 69.9 cm³/mol. The number of nitrogens with one attached hydrogen (secondary N) is 1. The Morgan fingerprint density at radius 2 is 2.17 bits per heavy atom. The molecule has 1 aromatic heterocycles. The molecule has 18 heavy (non-hydrogen) atoms. The molecule has 5 heteroatoms. The Hall–Kier alpha value is -1.36. The molecule has 1 aromatic rings. The smallest absolute Gasteiger partial charge is 0.218 e. The van der Waals surface area contributed by atoms with Crippen molar-refractivity contribution in [2.45, 2.75) is 45.3 Å². The van der Waals surface area contributed by atoms with Crippen molar-refractivity contribution in [3.05, 3.63) is 12.4 Å². The molecule has 0 saturated heterocycles. The molecular weight excluding hydrogens is 230 g/mol. The summed E-state index contributed by atoms with van der Waals surface area (Å²) in [7, 11) is 0. The van der Waals surface area contributed by atoms with Crippen molar-refractivity contribution in [3.63, 3.8) is 0 Å². The summed E-state index contributed by atoms with van der Waals surface area (Å²) in [6, 6.07) is 2.31. The molecule has 1 N–H and O–H groups in total. The first-order valence-electron chi connectivity index (χ1n) is 6.64. The van der Waals surface area contributed by atoms with E-state index in [1.54, 1.807) is 0 Å². The van der Waals surface area contributed by atoms with Crippen LogP contribution in [0.15, 0.2) is 12.4 Å². The molecule has 0 atom stereocenters. The Bertz CT molecular complexity index is 367. The molecule has 0 radical (unpaired) electrons. The van der Waals surface area contributed by atoms with E-state index < -0.39 is 0 Å². The highest BCUT2D eigenvalue weighted by molar-refractivity contribution is 5.38. The van der Waals surface area contributed by atoms with Gasteiger partial charge < -0.3 is 14.8 Å². The summed E-state index contributed by atoms with van der Waals surface area (Å²) < 4.78 is 11.0. The number of hydrogen-bond acceptors (Lipinski definition) is 5. The Labute approximate surface area is 108 Å². The third-order valence-electron chi connectivity index (χ3n) is 2.95. The largest absolute Gasteiger partial charge is 0.478 e. The average molecular weight is 251 g/mol. The monoisotopic (exact) mass is 251 g/mol. The lowest BCUT2D eigenvalue weighted by Gasteiger charge is -2.35. The van der Waals surface area contributed by atoms with E-state index in [1.165, 1.54) is 6.33 Å². The number of hydrogen-bond donors (Lipinski definition) is 1. The van der Waals surface area contributed by atoms with Crippen LogP contribution in [0.4, 0.5) is 5.82 Å². The van der Waals surface area contributed by atoms with Crippen LogP contribution in [0.25, 0.3) is 0 Å². The molecule has 0 aliphatic heterocycles. The quantitative estimate of drug-likeness (QED) is 0.805. The van der Waals surface area contributed by atoms with E-state index in [0.717, 1.165) is 31.7 Å². The molecule has 1 fully saturated rings. The van der Waals surface area contributed by atoms with E-state index in [4.69, 9.17) is 9.47 Å². The fraction of sp³-hybridized carbons (Fsp3) is 0.692. The number of anilines is 1. The van der Waals surface area contributed by atoms with Crippen LogP contribution < -0.4 is 10.1 Å². The second-order valence-corrected chi connectivity index (χ2v) is 4.48. The van der Waals surface area contributed by atoms with Crippen LogP contribution in [0, 0.1) is 0 Å². The van der Waals surface area contributed by atoms with Gasteiger partial charge in [-0.2, -0.15) is 0 Å². The van der Waals surface area contributed by atoms with Gasteiger partial charge in [0.05, 0.1) is 12.7 Å². The van der Waals surface area contributed by atoms with Crippen molar-refractivity contribution in [2.24, 2.45) is 0 Å². The molecule has 1 saturated carbocycles. The first kappa shape index (κ1) is 13.1. The molecule has 0 aromatic carbocycles. The van der Waals surface area contributed by atoms with Gasteiger partial charge in [0.1, 0.15) is 12.1 Å². The summed E-state index contributed by atoms with van der Waals surface area (Å²) in [5, 5.41) is 3.37. The van der Waals surface area contributed by atoms with Crippen molar-refractivity contribution < 1.29 is 9.47 Å². The van der Waals surface area contributed by atoms with Crippen molar-refractivity contribution in [2.75, 3.05) is 18.5 Å². The SMILES string of the molecule is CCCOc1cc(NC2CC(OCC)C2)ncn1. The minimum Gasteiger partial charge on any atom is -0.478 e. The maximum Gasteiger partial charge on any atom is 0.218 e. The zero-order valence-electron chi connectivity index (χ0n) is 11.1. The van der Waals surface area contributed by atoms with E-state index in [1.807, 2.05) is 13.0 Å². The Morgan fingerprint density at radius 3 is 2.89 bits per heavy atom. The van der Waals surface area contributed by atoms with Gasteiger partial charge in [-0.25, -0.2) is 9.97 Å². The van der Waals surface area contributed by atoms with Crippen LogP contribution in [0.2, 0.25) is 0 Å². The van der Waals surface area contributed by atoms with Crippen molar-refractivity contribution >= 4 is 5.82 Å². The molecule has 0 amide bonds. The van der Waals surface area contributed by atoms with Crippen molar-refractivity contribution in [1.29, 1.82) is 0 Å². The van der Waals surface area contributed by atoms with Crippen LogP contribution in [-0.4, -0.2) is 35.3 Å².